The molecule has 2 rings (SSSR count). The zero-order chi connectivity index (χ0) is 13.5. The summed E-state index contributed by atoms with van der Waals surface area (Å²) in [7, 11) is 0. The van der Waals surface area contributed by atoms with E-state index in [1.165, 1.54) is 16.3 Å². The molecule has 0 atom stereocenters. The Bertz CT molecular complexity index is 546. The van der Waals surface area contributed by atoms with Crippen LogP contribution in [0.25, 0.3) is 10.8 Å². The number of benzene rings is 2. The standard InChI is InChI=1S/C16H20N2O/c1-2-10-18-16(19)12-17-11-14-8-5-7-13-6-3-4-9-15(13)14/h3-9,17H,2,10-12H2,1H3,(H,18,19). The Labute approximate surface area is 114 Å². The van der Waals surface area contributed by atoms with Crippen LogP contribution in [0.4, 0.5) is 0 Å². The number of carbonyl (C=O) groups is 1. The molecule has 100 valence electrons. The van der Waals surface area contributed by atoms with Crippen molar-refractivity contribution in [2.75, 3.05) is 13.1 Å². The molecule has 0 unspecified atom stereocenters. The van der Waals surface area contributed by atoms with E-state index in [1.807, 2.05) is 19.1 Å². The van der Waals surface area contributed by atoms with E-state index in [0.29, 0.717) is 13.1 Å². The molecule has 19 heavy (non-hydrogen) atoms. The first-order valence-electron chi connectivity index (χ1n) is 6.75. The van der Waals surface area contributed by atoms with Gasteiger partial charge >= 0.3 is 0 Å². The number of carbonyl (C=O) groups excluding carboxylic acids is 1. The predicted octanol–water partition coefficient (Wildman–Crippen LogP) is 2.46. The lowest BCUT2D eigenvalue weighted by Gasteiger charge is -2.08. The highest BCUT2D eigenvalue weighted by atomic mass is 16.1. The first-order chi connectivity index (χ1) is 9.31. The Morgan fingerprint density at radius 1 is 1.11 bits per heavy atom. The molecule has 0 saturated carbocycles. The Morgan fingerprint density at radius 2 is 1.89 bits per heavy atom. The fraction of sp³-hybridized carbons (Fsp3) is 0.312. The number of nitrogens with one attached hydrogen (secondary N) is 2. The first kappa shape index (κ1) is 13.6. The van der Waals surface area contributed by atoms with Gasteiger partial charge in [-0.3, -0.25) is 4.79 Å². The summed E-state index contributed by atoms with van der Waals surface area (Å²) in [6.45, 7) is 3.86. The molecule has 2 N–H and O–H groups in total. The third-order valence-electron chi connectivity index (χ3n) is 3.05. The van der Waals surface area contributed by atoms with E-state index in [1.54, 1.807) is 0 Å². The lowest BCUT2D eigenvalue weighted by Crippen LogP contribution is -2.33. The minimum Gasteiger partial charge on any atom is -0.355 e. The zero-order valence-corrected chi connectivity index (χ0v) is 11.3. The molecule has 0 spiro atoms. The summed E-state index contributed by atoms with van der Waals surface area (Å²) in [5.74, 6) is 0.0575. The summed E-state index contributed by atoms with van der Waals surface area (Å²) >= 11 is 0. The van der Waals surface area contributed by atoms with Crippen LogP contribution >= 0.6 is 0 Å². The van der Waals surface area contributed by atoms with Gasteiger partial charge in [-0.25, -0.2) is 0 Å². The average molecular weight is 256 g/mol. The Morgan fingerprint density at radius 3 is 2.74 bits per heavy atom. The topological polar surface area (TPSA) is 41.1 Å². The van der Waals surface area contributed by atoms with Crippen molar-refractivity contribution in [3.63, 3.8) is 0 Å². The van der Waals surface area contributed by atoms with Crippen molar-refractivity contribution in [2.24, 2.45) is 0 Å². The van der Waals surface area contributed by atoms with Crippen molar-refractivity contribution in [2.45, 2.75) is 19.9 Å². The highest BCUT2D eigenvalue weighted by Gasteiger charge is 2.02. The van der Waals surface area contributed by atoms with Gasteiger partial charge in [-0.2, -0.15) is 0 Å². The first-order valence-corrected chi connectivity index (χ1v) is 6.75. The largest absolute Gasteiger partial charge is 0.355 e. The molecule has 0 saturated heterocycles. The highest BCUT2D eigenvalue weighted by Crippen LogP contribution is 2.17. The second kappa shape index (κ2) is 6.90. The maximum absolute atomic E-state index is 11.5. The molecule has 0 heterocycles. The van der Waals surface area contributed by atoms with Gasteiger partial charge in [0.25, 0.3) is 0 Å². The normalized spacial score (nSPS) is 10.6. The third kappa shape index (κ3) is 3.80. The monoisotopic (exact) mass is 256 g/mol. The minimum atomic E-state index is 0.0575. The predicted molar refractivity (Wildman–Crippen MR) is 79.0 cm³/mol. The Kier molecular flexibility index (Phi) is 4.93. The van der Waals surface area contributed by atoms with Gasteiger partial charge in [-0.05, 0) is 22.8 Å². The summed E-state index contributed by atoms with van der Waals surface area (Å²) in [5, 5.41) is 8.52. The third-order valence-corrected chi connectivity index (χ3v) is 3.05. The summed E-state index contributed by atoms with van der Waals surface area (Å²) in [5.41, 5.74) is 1.22. The average Bonchev–Trinajstić information content (AvgIpc) is 2.45. The molecule has 0 radical (unpaired) electrons. The van der Waals surface area contributed by atoms with Crippen molar-refractivity contribution in [1.82, 2.24) is 10.6 Å². The van der Waals surface area contributed by atoms with E-state index in [9.17, 15) is 4.79 Å². The zero-order valence-electron chi connectivity index (χ0n) is 11.3. The van der Waals surface area contributed by atoms with Gasteiger partial charge in [0.15, 0.2) is 0 Å². The Balaban J connectivity index is 1.93. The second-order valence-corrected chi connectivity index (χ2v) is 4.59. The summed E-state index contributed by atoms with van der Waals surface area (Å²) < 4.78 is 0. The molecule has 2 aromatic carbocycles. The maximum atomic E-state index is 11.5. The Hall–Kier alpha value is -1.87. The molecular weight excluding hydrogens is 236 g/mol. The molecule has 0 aliphatic rings. The van der Waals surface area contributed by atoms with Crippen LogP contribution in [0, 0.1) is 0 Å². The molecule has 0 bridgehead atoms. The van der Waals surface area contributed by atoms with Crippen LogP contribution in [-0.4, -0.2) is 19.0 Å². The number of rotatable bonds is 6. The number of fused-ring (bicyclic) bond motifs is 1. The van der Waals surface area contributed by atoms with Gasteiger partial charge in [0, 0.05) is 13.1 Å². The van der Waals surface area contributed by atoms with E-state index >= 15 is 0 Å². The maximum Gasteiger partial charge on any atom is 0.233 e. The van der Waals surface area contributed by atoms with E-state index in [2.05, 4.69) is 41.0 Å². The van der Waals surface area contributed by atoms with Crippen LogP contribution in [0.3, 0.4) is 0 Å². The van der Waals surface area contributed by atoms with E-state index in [0.717, 1.165) is 13.0 Å². The highest BCUT2D eigenvalue weighted by molar-refractivity contribution is 5.85. The molecule has 0 aliphatic heterocycles. The SMILES string of the molecule is CCCNC(=O)CNCc1cccc2ccccc12. The van der Waals surface area contributed by atoms with Gasteiger partial charge in [0.1, 0.15) is 0 Å². The van der Waals surface area contributed by atoms with Gasteiger partial charge in [-0.1, -0.05) is 49.4 Å². The quantitative estimate of drug-likeness (QED) is 0.833. The summed E-state index contributed by atoms with van der Waals surface area (Å²) in [6, 6.07) is 14.6. The van der Waals surface area contributed by atoms with Crippen LogP contribution in [0.15, 0.2) is 42.5 Å². The molecule has 0 aliphatic carbocycles. The van der Waals surface area contributed by atoms with Crippen LogP contribution in [0.2, 0.25) is 0 Å². The number of hydrogen-bond donors (Lipinski definition) is 2. The molecule has 2 aromatic rings. The molecular formula is C16H20N2O. The molecule has 3 heteroatoms. The lowest BCUT2D eigenvalue weighted by atomic mass is 10.0. The van der Waals surface area contributed by atoms with Crippen molar-refractivity contribution >= 4 is 16.7 Å². The number of hydrogen-bond acceptors (Lipinski definition) is 2. The van der Waals surface area contributed by atoms with Crippen LogP contribution in [0.5, 0.6) is 0 Å². The second-order valence-electron chi connectivity index (χ2n) is 4.59. The summed E-state index contributed by atoms with van der Waals surface area (Å²) in [6.07, 6.45) is 0.967. The number of amides is 1. The molecule has 0 aromatic heterocycles. The fourth-order valence-corrected chi connectivity index (χ4v) is 2.08. The van der Waals surface area contributed by atoms with Gasteiger partial charge in [0.2, 0.25) is 5.91 Å². The molecule has 1 amide bonds. The van der Waals surface area contributed by atoms with Gasteiger partial charge in [0.05, 0.1) is 6.54 Å². The van der Waals surface area contributed by atoms with Crippen LogP contribution in [-0.2, 0) is 11.3 Å². The van der Waals surface area contributed by atoms with Crippen molar-refractivity contribution < 1.29 is 4.79 Å². The van der Waals surface area contributed by atoms with E-state index < -0.39 is 0 Å². The van der Waals surface area contributed by atoms with Crippen molar-refractivity contribution in [3.05, 3.63) is 48.0 Å². The molecule has 0 fully saturated rings. The lowest BCUT2D eigenvalue weighted by molar-refractivity contribution is -0.120. The molecule has 3 nitrogen and oxygen atoms in total. The van der Waals surface area contributed by atoms with Crippen molar-refractivity contribution in [1.29, 1.82) is 0 Å². The van der Waals surface area contributed by atoms with Crippen LogP contribution in [0.1, 0.15) is 18.9 Å². The minimum absolute atomic E-state index is 0.0575. The summed E-state index contributed by atoms with van der Waals surface area (Å²) in [4.78, 5) is 11.5. The smallest absolute Gasteiger partial charge is 0.233 e. The van der Waals surface area contributed by atoms with Crippen LogP contribution < -0.4 is 10.6 Å². The van der Waals surface area contributed by atoms with Gasteiger partial charge in [-0.15, -0.1) is 0 Å². The van der Waals surface area contributed by atoms with Gasteiger partial charge < -0.3 is 10.6 Å². The van der Waals surface area contributed by atoms with Crippen molar-refractivity contribution in [3.8, 4) is 0 Å². The van der Waals surface area contributed by atoms with E-state index in [4.69, 9.17) is 0 Å². The van der Waals surface area contributed by atoms with E-state index in [-0.39, 0.29) is 5.91 Å². The fourth-order valence-electron chi connectivity index (χ4n) is 2.08.